The van der Waals surface area contributed by atoms with Crippen molar-refractivity contribution in [1.82, 2.24) is 35.8 Å². The van der Waals surface area contributed by atoms with Crippen LogP contribution in [0.25, 0.3) is 0 Å². The number of nitrogens with zero attached hydrogens (tertiary/aromatic N) is 4. The van der Waals surface area contributed by atoms with E-state index in [4.69, 9.17) is 42.6 Å². The van der Waals surface area contributed by atoms with E-state index in [0.29, 0.717) is 143 Å². The van der Waals surface area contributed by atoms with Gasteiger partial charge >= 0.3 is 0 Å². The van der Waals surface area contributed by atoms with Crippen LogP contribution in [0.3, 0.4) is 0 Å². The van der Waals surface area contributed by atoms with Gasteiger partial charge in [0.05, 0.1) is 131 Å². The molecule has 1 saturated heterocycles. The molecule has 20 nitrogen and oxygen atoms in total. The molecule has 2 heterocycles. The number of hydrogen-bond acceptors (Lipinski definition) is 16. The fourth-order valence-corrected chi connectivity index (χ4v) is 7.27. The Morgan fingerprint density at radius 2 is 1.17 bits per heavy atom. The van der Waals surface area contributed by atoms with Crippen molar-refractivity contribution in [2.45, 2.75) is 131 Å². The molecular formula is C52H92N8O12. The monoisotopic (exact) mass is 1020 g/mol. The van der Waals surface area contributed by atoms with E-state index in [1.807, 2.05) is 58.2 Å². The second-order valence-corrected chi connectivity index (χ2v) is 19.7. The third-order valence-electron chi connectivity index (χ3n) is 11.6. The lowest BCUT2D eigenvalue weighted by Crippen LogP contribution is -2.53. The molecule has 1 aliphatic rings. The number of amides is 3. The van der Waals surface area contributed by atoms with Crippen LogP contribution in [0, 0.1) is 11.8 Å². The van der Waals surface area contributed by atoms with E-state index in [1.54, 1.807) is 11.6 Å². The third kappa shape index (κ3) is 31.2. The Morgan fingerprint density at radius 1 is 0.667 bits per heavy atom. The number of piperidine rings is 1. The highest BCUT2D eigenvalue weighted by Crippen LogP contribution is 2.22. The Morgan fingerprint density at radius 3 is 1.65 bits per heavy atom. The van der Waals surface area contributed by atoms with Crippen LogP contribution >= 0.6 is 0 Å². The van der Waals surface area contributed by atoms with Crippen molar-refractivity contribution in [2.24, 2.45) is 11.8 Å². The summed E-state index contributed by atoms with van der Waals surface area (Å²) in [4.78, 5) is 41.3. The number of ether oxygens (including phenoxy) is 9. The summed E-state index contributed by atoms with van der Waals surface area (Å²) in [6, 6.07) is 5.90. The van der Waals surface area contributed by atoms with E-state index >= 15 is 0 Å². The molecule has 4 N–H and O–H groups in total. The smallest absolute Gasteiger partial charge is 0.246 e. The van der Waals surface area contributed by atoms with Crippen LogP contribution in [0.15, 0.2) is 30.5 Å². The topological polar surface area (TPSA) is 216 Å². The largest absolute Gasteiger partial charge is 0.378 e. The van der Waals surface area contributed by atoms with Crippen LogP contribution < -0.4 is 21.3 Å². The molecule has 1 aromatic carbocycles. The first-order valence-corrected chi connectivity index (χ1v) is 26.3. The fraction of sp³-hybridized carbons (Fsp3) is 0.788. The van der Waals surface area contributed by atoms with Crippen LogP contribution in [-0.4, -0.2) is 187 Å². The zero-order valence-corrected chi connectivity index (χ0v) is 45.1. The van der Waals surface area contributed by atoms with E-state index in [9.17, 15) is 14.4 Å². The highest BCUT2D eigenvalue weighted by molar-refractivity contribution is 5.98. The number of hydrogen-bond donors (Lipinski definition) is 4. The first-order valence-electron chi connectivity index (χ1n) is 26.3. The predicted octanol–water partition coefficient (Wildman–Crippen LogP) is 4.39. The van der Waals surface area contributed by atoms with Crippen molar-refractivity contribution >= 4 is 23.4 Å². The van der Waals surface area contributed by atoms with Gasteiger partial charge < -0.3 is 68.8 Å². The minimum absolute atomic E-state index is 0.0364. The molecule has 2 atom stereocenters. The van der Waals surface area contributed by atoms with Gasteiger partial charge in [0, 0.05) is 36.9 Å². The SMILES string of the molecule is CC(C)OCc1ccc(NC(=O)[C@H](C)NC(=O)[C@@H](NC(=O)CCCC2CCN(CCOCCOCCOCCOCCOCCOCCOCCOCCn3cc(CNC(C)(C)C)nn3)CC2)C(C)C)cc1. The molecule has 0 saturated carbocycles. The normalized spacial score (nSPS) is 14.5. The number of likely N-dealkylation sites (tertiary alicyclic amines) is 1. The average molecular weight is 1020 g/mol. The number of benzene rings is 1. The third-order valence-corrected chi connectivity index (χ3v) is 11.6. The summed E-state index contributed by atoms with van der Waals surface area (Å²) < 4.78 is 52.3. The molecule has 0 spiro atoms. The van der Waals surface area contributed by atoms with E-state index in [1.165, 1.54) is 0 Å². The summed E-state index contributed by atoms with van der Waals surface area (Å²) in [6.07, 6.45) is 6.35. The second-order valence-electron chi connectivity index (χ2n) is 19.7. The highest BCUT2D eigenvalue weighted by atomic mass is 16.6. The summed E-state index contributed by atoms with van der Waals surface area (Å²) in [5.41, 5.74) is 2.58. The molecular weight excluding hydrogens is 929 g/mol. The van der Waals surface area contributed by atoms with Crippen molar-refractivity contribution < 1.29 is 57.0 Å². The average Bonchev–Trinajstić information content (AvgIpc) is 3.81. The Hall–Kier alpha value is -3.67. The minimum Gasteiger partial charge on any atom is -0.378 e. The van der Waals surface area contributed by atoms with Crippen molar-refractivity contribution in [1.29, 1.82) is 0 Å². The second kappa shape index (κ2) is 38.0. The van der Waals surface area contributed by atoms with Gasteiger partial charge in [0.1, 0.15) is 12.1 Å². The van der Waals surface area contributed by atoms with Gasteiger partial charge in [-0.15, -0.1) is 5.10 Å². The summed E-state index contributed by atoms with van der Waals surface area (Å²) in [6.45, 7) is 28.7. The van der Waals surface area contributed by atoms with E-state index < -0.39 is 12.1 Å². The van der Waals surface area contributed by atoms with E-state index in [0.717, 1.165) is 56.6 Å². The number of nitrogens with one attached hydrogen (secondary N) is 4. The lowest BCUT2D eigenvalue weighted by molar-refractivity contribution is -0.131. The molecule has 2 aromatic rings. The molecule has 0 bridgehead atoms. The molecule has 1 aliphatic heterocycles. The molecule has 1 aromatic heterocycles. The van der Waals surface area contributed by atoms with Crippen LogP contribution in [0.2, 0.25) is 0 Å². The fourth-order valence-electron chi connectivity index (χ4n) is 7.27. The lowest BCUT2D eigenvalue weighted by Gasteiger charge is -2.31. The van der Waals surface area contributed by atoms with Gasteiger partial charge in [-0.05, 0) is 110 Å². The molecule has 0 aliphatic carbocycles. The predicted molar refractivity (Wildman–Crippen MR) is 276 cm³/mol. The summed E-state index contributed by atoms with van der Waals surface area (Å²) in [7, 11) is 0. The first-order chi connectivity index (χ1) is 34.7. The summed E-state index contributed by atoms with van der Waals surface area (Å²) >= 11 is 0. The zero-order valence-electron chi connectivity index (χ0n) is 45.1. The molecule has 0 radical (unpaired) electrons. The van der Waals surface area contributed by atoms with Crippen LogP contribution in [0.4, 0.5) is 5.69 Å². The Balaban J connectivity index is 1.03. The maximum absolute atomic E-state index is 13.2. The van der Waals surface area contributed by atoms with Gasteiger partial charge in [0.15, 0.2) is 0 Å². The molecule has 412 valence electrons. The maximum Gasteiger partial charge on any atom is 0.246 e. The molecule has 72 heavy (non-hydrogen) atoms. The number of rotatable bonds is 42. The highest BCUT2D eigenvalue weighted by Gasteiger charge is 2.27. The standard InChI is InChI=1S/C52H92N8O12/c1-41(2)49(51(63)54-43(5)50(62)55-46-14-12-45(13-15-46)40-72-42(3)4)56-48(61)11-9-10-44-16-18-59(19-17-44)20-22-64-24-26-66-28-30-68-32-34-70-36-37-71-35-33-69-31-29-67-27-25-65-23-21-60-39-47(57-58-60)38-53-52(6,7)8/h12-15,39,41-44,49,53H,9-11,16-38,40H2,1-8H3,(H,54,63)(H,55,62)(H,56,61)/t43-,49-/m0/s1. The minimum atomic E-state index is -0.784. The molecule has 3 rings (SSSR count). The molecule has 3 amide bonds. The molecule has 1 fully saturated rings. The summed E-state index contributed by atoms with van der Waals surface area (Å²) in [5, 5.41) is 20.2. The molecule has 20 heteroatoms. The van der Waals surface area contributed by atoms with Crippen molar-refractivity contribution in [2.75, 3.05) is 131 Å². The van der Waals surface area contributed by atoms with Gasteiger partial charge in [-0.2, -0.15) is 0 Å². The summed E-state index contributed by atoms with van der Waals surface area (Å²) in [5.74, 6) is -0.431. The van der Waals surface area contributed by atoms with Crippen LogP contribution in [0.5, 0.6) is 0 Å². The quantitative estimate of drug-likeness (QED) is 0.0679. The first kappa shape index (κ1) is 62.6. The van der Waals surface area contributed by atoms with Gasteiger partial charge in [-0.3, -0.25) is 14.4 Å². The van der Waals surface area contributed by atoms with Crippen molar-refractivity contribution in [3.63, 3.8) is 0 Å². The van der Waals surface area contributed by atoms with Gasteiger partial charge in [-0.1, -0.05) is 31.2 Å². The van der Waals surface area contributed by atoms with Gasteiger partial charge in [0.2, 0.25) is 17.7 Å². The van der Waals surface area contributed by atoms with E-state index in [2.05, 4.69) is 57.3 Å². The maximum atomic E-state index is 13.2. The number of carbonyl (C=O) groups is 3. The Kier molecular flexibility index (Phi) is 33.0. The number of carbonyl (C=O) groups excluding carboxylic acids is 3. The number of aromatic nitrogens is 3. The van der Waals surface area contributed by atoms with Crippen molar-refractivity contribution in [3.8, 4) is 0 Å². The van der Waals surface area contributed by atoms with Crippen molar-refractivity contribution in [3.05, 3.63) is 41.7 Å². The van der Waals surface area contributed by atoms with Gasteiger partial charge in [-0.25, -0.2) is 4.68 Å². The Labute approximate surface area is 430 Å². The molecule has 0 unspecified atom stereocenters. The zero-order chi connectivity index (χ0) is 52.2. The number of anilines is 1. The Bertz CT molecular complexity index is 1710. The lowest BCUT2D eigenvalue weighted by atomic mass is 9.91. The van der Waals surface area contributed by atoms with Gasteiger partial charge in [0.25, 0.3) is 0 Å². The van der Waals surface area contributed by atoms with Crippen LogP contribution in [0.1, 0.15) is 98.8 Å². The van der Waals surface area contributed by atoms with Crippen LogP contribution in [-0.2, 0) is 76.7 Å². The van der Waals surface area contributed by atoms with E-state index in [-0.39, 0.29) is 35.3 Å².